The molecule has 1 N–H and O–H groups in total. The Morgan fingerprint density at radius 3 is 2.95 bits per heavy atom. The molecule has 1 atom stereocenters. The van der Waals surface area contributed by atoms with Crippen LogP contribution in [-0.2, 0) is 20.7 Å². The van der Waals surface area contributed by atoms with Crippen molar-refractivity contribution in [3.8, 4) is 0 Å². The van der Waals surface area contributed by atoms with Crippen LogP contribution in [0.3, 0.4) is 0 Å². The Labute approximate surface area is 136 Å². The van der Waals surface area contributed by atoms with Crippen molar-refractivity contribution in [3.63, 3.8) is 0 Å². The number of carboxylic acids is 1. The molecule has 2 rings (SSSR count). The van der Waals surface area contributed by atoms with E-state index in [1.165, 1.54) is 4.88 Å². The van der Waals surface area contributed by atoms with Crippen LogP contribution in [-0.4, -0.2) is 47.7 Å². The van der Waals surface area contributed by atoms with Gasteiger partial charge in [0.2, 0.25) is 5.91 Å². The molecule has 0 radical (unpaired) electrons. The first-order chi connectivity index (χ1) is 10.0. The van der Waals surface area contributed by atoms with Crippen molar-refractivity contribution in [2.24, 2.45) is 0 Å². The third-order valence-electron chi connectivity index (χ3n) is 3.34. The van der Waals surface area contributed by atoms with Gasteiger partial charge < -0.3 is 14.7 Å². The maximum atomic E-state index is 12.1. The summed E-state index contributed by atoms with van der Waals surface area (Å²) in [4.78, 5) is 25.8. The molecule has 0 bridgehead atoms. The second kappa shape index (κ2) is 7.91. The summed E-state index contributed by atoms with van der Waals surface area (Å²) in [6.07, 6.45) is 1.77. The Morgan fingerprint density at radius 2 is 2.29 bits per heavy atom. The number of hydrogen-bond acceptors (Lipinski definition) is 4. The largest absolute Gasteiger partial charge is 0.481 e. The monoisotopic (exact) mass is 375 g/mol. The van der Waals surface area contributed by atoms with Crippen molar-refractivity contribution < 1.29 is 19.4 Å². The predicted molar refractivity (Wildman–Crippen MR) is 83.5 cm³/mol. The molecular formula is C14H18BrNO4S. The number of nitrogens with zero attached hydrogens (tertiary/aromatic N) is 1. The maximum absolute atomic E-state index is 12.1. The Bertz CT molecular complexity index is 505. The molecule has 5 nitrogen and oxygen atoms in total. The van der Waals surface area contributed by atoms with Gasteiger partial charge in [0.05, 0.1) is 22.9 Å². The summed E-state index contributed by atoms with van der Waals surface area (Å²) < 4.78 is 6.47. The van der Waals surface area contributed by atoms with Gasteiger partial charge in [-0.25, -0.2) is 0 Å². The summed E-state index contributed by atoms with van der Waals surface area (Å²) in [5.74, 6) is -0.804. The van der Waals surface area contributed by atoms with Gasteiger partial charge in [-0.05, 0) is 40.9 Å². The van der Waals surface area contributed by atoms with E-state index in [9.17, 15) is 9.59 Å². The van der Waals surface area contributed by atoms with E-state index in [1.54, 1.807) is 16.2 Å². The van der Waals surface area contributed by atoms with E-state index in [0.29, 0.717) is 26.1 Å². The fourth-order valence-electron chi connectivity index (χ4n) is 2.32. The molecule has 0 aliphatic carbocycles. The van der Waals surface area contributed by atoms with Crippen LogP contribution in [0.4, 0.5) is 0 Å². The number of halogens is 1. The quantitative estimate of drug-likeness (QED) is 0.829. The summed E-state index contributed by atoms with van der Waals surface area (Å²) in [5, 5.41) is 8.77. The number of carbonyl (C=O) groups excluding carboxylic acids is 1. The molecular weight excluding hydrogens is 358 g/mol. The number of morpholine rings is 1. The second-order valence-electron chi connectivity index (χ2n) is 4.99. The van der Waals surface area contributed by atoms with Gasteiger partial charge in [-0.2, -0.15) is 0 Å². The number of amides is 1. The molecule has 2 heterocycles. The lowest BCUT2D eigenvalue weighted by Gasteiger charge is -2.32. The lowest BCUT2D eigenvalue weighted by molar-refractivity contribution is -0.147. The van der Waals surface area contributed by atoms with Gasteiger partial charge in [0.1, 0.15) is 0 Å². The van der Waals surface area contributed by atoms with Crippen LogP contribution in [0, 0.1) is 0 Å². The predicted octanol–water partition coefficient (Wildman–Crippen LogP) is 2.54. The minimum atomic E-state index is -0.891. The van der Waals surface area contributed by atoms with Crippen LogP contribution in [0.5, 0.6) is 0 Å². The highest BCUT2D eigenvalue weighted by Crippen LogP contribution is 2.23. The van der Waals surface area contributed by atoms with E-state index < -0.39 is 5.97 Å². The molecule has 116 valence electrons. The van der Waals surface area contributed by atoms with Gasteiger partial charge in [-0.1, -0.05) is 0 Å². The Hall–Kier alpha value is -0.920. The number of aryl methyl sites for hydroxylation is 1. The standard InChI is InChI=1S/C14H18BrNO4S/c15-12-5-4-11(21-12)2-1-3-13(17)16-6-7-20-10(9-16)8-14(18)19/h4-5,10H,1-3,6-9H2,(H,18,19)/t10-/m0/s1. The summed E-state index contributed by atoms with van der Waals surface area (Å²) in [6.45, 7) is 1.36. The van der Waals surface area contributed by atoms with Gasteiger partial charge in [0.15, 0.2) is 0 Å². The minimum Gasteiger partial charge on any atom is -0.481 e. The van der Waals surface area contributed by atoms with E-state index in [1.807, 2.05) is 6.07 Å². The first kappa shape index (κ1) is 16.5. The summed E-state index contributed by atoms with van der Waals surface area (Å²) in [5.41, 5.74) is 0. The fourth-order valence-corrected chi connectivity index (χ4v) is 3.85. The van der Waals surface area contributed by atoms with Crippen molar-refractivity contribution in [3.05, 3.63) is 20.8 Å². The van der Waals surface area contributed by atoms with Crippen molar-refractivity contribution >= 4 is 39.1 Å². The van der Waals surface area contributed by atoms with Gasteiger partial charge in [0, 0.05) is 24.4 Å². The minimum absolute atomic E-state index is 0.0486. The molecule has 1 amide bonds. The molecule has 1 aliphatic rings. The van der Waals surface area contributed by atoms with Crippen molar-refractivity contribution in [1.82, 2.24) is 4.90 Å². The SMILES string of the molecule is O=C(O)C[C@H]1CN(C(=O)CCCc2ccc(Br)s2)CCO1. The number of ether oxygens (including phenoxy) is 1. The van der Waals surface area contributed by atoms with Crippen LogP contribution in [0.15, 0.2) is 15.9 Å². The molecule has 1 aliphatic heterocycles. The summed E-state index contributed by atoms with van der Waals surface area (Å²) >= 11 is 5.11. The molecule has 0 spiro atoms. The zero-order chi connectivity index (χ0) is 15.2. The third kappa shape index (κ3) is 5.41. The van der Waals surface area contributed by atoms with Crippen molar-refractivity contribution in [2.75, 3.05) is 19.7 Å². The van der Waals surface area contributed by atoms with E-state index in [2.05, 4.69) is 22.0 Å². The third-order valence-corrected chi connectivity index (χ3v) is 5.02. The zero-order valence-corrected chi connectivity index (χ0v) is 14.0. The van der Waals surface area contributed by atoms with Crippen molar-refractivity contribution in [1.29, 1.82) is 0 Å². The van der Waals surface area contributed by atoms with Gasteiger partial charge in [-0.3, -0.25) is 9.59 Å². The van der Waals surface area contributed by atoms with Gasteiger partial charge in [0.25, 0.3) is 0 Å². The molecule has 1 aromatic heterocycles. The average molecular weight is 376 g/mol. The highest BCUT2D eigenvalue weighted by molar-refractivity contribution is 9.11. The number of rotatable bonds is 6. The molecule has 0 aromatic carbocycles. The van der Waals surface area contributed by atoms with Crippen molar-refractivity contribution in [2.45, 2.75) is 31.8 Å². The van der Waals surface area contributed by atoms with Crippen LogP contribution in [0.1, 0.15) is 24.1 Å². The number of carboxylic acid groups (broad SMARTS) is 1. The number of aliphatic carboxylic acids is 1. The summed E-state index contributed by atoms with van der Waals surface area (Å²) in [7, 11) is 0. The Morgan fingerprint density at radius 1 is 1.48 bits per heavy atom. The Balaban J connectivity index is 1.73. The van der Waals surface area contributed by atoms with E-state index in [4.69, 9.17) is 9.84 Å². The fraction of sp³-hybridized carbons (Fsp3) is 0.571. The first-order valence-corrected chi connectivity index (χ1v) is 8.51. The zero-order valence-electron chi connectivity index (χ0n) is 11.6. The van der Waals surface area contributed by atoms with E-state index in [0.717, 1.165) is 16.6 Å². The lowest BCUT2D eigenvalue weighted by atomic mass is 10.1. The van der Waals surface area contributed by atoms with Crippen LogP contribution in [0.2, 0.25) is 0 Å². The molecule has 1 aromatic rings. The van der Waals surface area contributed by atoms with Crippen LogP contribution >= 0.6 is 27.3 Å². The number of hydrogen-bond donors (Lipinski definition) is 1. The maximum Gasteiger partial charge on any atom is 0.306 e. The molecule has 0 saturated carbocycles. The molecule has 1 saturated heterocycles. The Kier molecular flexibility index (Phi) is 6.20. The number of carbonyl (C=O) groups is 2. The molecule has 7 heteroatoms. The van der Waals surface area contributed by atoms with E-state index in [-0.39, 0.29) is 18.4 Å². The van der Waals surface area contributed by atoms with Gasteiger partial charge >= 0.3 is 5.97 Å². The molecule has 0 unspecified atom stereocenters. The normalized spacial score (nSPS) is 18.7. The average Bonchev–Trinajstić information content (AvgIpc) is 2.84. The van der Waals surface area contributed by atoms with E-state index >= 15 is 0 Å². The van der Waals surface area contributed by atoms with Crippen LogP contribution < -0.4 is 0 Å². The smallest absolute Gasteiger partial charge is 0.306 e. The summed E-state index contributed by atoms with van der Waals surface area (Å²) in [6, 6.07) is 4.08. The molecule has 21 heavy (non-hydrogen) atoms. The second-order valence-corrected chi connectivity index (χ2v) is 7.54. The highest BCUT2D eigenvalue weighted by atomic mass is 79.9. The van der Waals surface area contributed by atoms with Gasteiger partial charge in [-0.15, -0.1) is 11.3 Å². The first-order valence-electron chi connectivity index (χ1n) is 6.90. The highest BCUT2D eigenvalue weighted by Gasteiger charge is 2.25. The topological polar surface area (TPSA) is 66.8 Å². The lowest BCUT2D eigenvalue weighted by Crippen LogP contribution is -2.46. The number of thiophene rings is 1. The molecule has 1 fully saturated rings. The van der Waals surface area contributed by atoms with Crippen LogP contribution in [0.25, 0.3) is 0 Å².